The Morgan fingerprint density at radius 1 is 1.55 bits per heavy atom. The average Bonchev–Trinajstić information content (AvgIpc) is 2.47. The molecule has 0 atom stereocenters. The van der Waals surface area contributed by atoms with E-state index in [1.165, 1.54) is 25.0 Å². The molecule has 0 aliphatic carbocycles. The van der Waals surface area contributed by atoms with E-state index in [0.29, 0.717) is 5.88 Å². The largest absolute Gasteiger partial charge is 0.331 e. The molecule has 11 heavy (non-hydrogen) atoms. The van der Waals surface area contributed by atoms with Gasteiger partial charge in [0.2, 0.25) is 0 Å². The molecule has 2 heterocycles. The summed E-state index contributed by atoms with van der Waals surface area (Å²) < 4.78 is 2.25. The van der Waals surface area contributed by atoms with Crippen LogP contribution in [0.5, 0.6) is 0 Å². The van der Waals surface area contributed by atoms with E-state index in [4.69, 9.17) is 11.6 Å². The second kappa shape index (κ2) is 2.86. The fourth-order valence-corrected chi connectivity index (χ4v) is 1.82. The third-order valence-corrected chi connectivity index (χ3v) is 2.44. The number of aromatic nitrogens is 2. The van der Waals surface area contributed by atoms with Crippen molar-refractivity contribution in [1.82, 2.24) is 9.55 Å². The molecule has 0 fully saturated rings. The molecule has 0 N–H and O–H groups in total. The zero-order valence-electron chi connectivity index (χ0n) is 6.39. The van der Waals surface area contributed by atoms with Gasteiger partial charge in [-0.3, -0.25) is 0 Å². The second-order valence-corrected chi connectivity index (χ2v) is 3.18. The molecular weight excluding hydrogens is 160 g/mol. The predicted octanol–water partition coefficient (Wildman–Crippen LogP) is 1.96. The molecule has 2 rings (SSSR count). The van der Waals surface area contributed by atoms with Gasteiger partial charge in [0.1, 0.15) is 5.82 Å². The lowest BCUT2D eigenvalue weighted by molar-refractivity contribution is 0.520. The number of aryl methyl sites for hydroxylation is 1. The number of hydrogen-bond acceptors (Lipinski definition) is 1. The van der Waals surface area contributed by atoms with Gasteiger partial charge in [-0.1, -0.05) is 0 Å². The highest BCUT2D eigenvalue weighted by atomic mass is 35.5. The fourth-order valence-electron chi connectivity index (χ4n) is 1.61. The van der Waals surface area contributed by atoms with Crippen LogP contribution in [-0.2, 0) is 18.8 Å². The molecule has 0 spiro atoms. The van der Waals surface area contributed by atoms with Gasteiger partial charge in [0.05, 0.1) is 5.88 Å². The zero-order chi connectivity index (χ0) is 7.68. The average molecular weight is 171 g/mol. The number of fused-ring (bicyclic) bond motifs is 1. The van der Waals surface area contributed by atoms with Gasteiger partial charge in [-0.15, -0.1) is 11.6 Å². The number of nitrogens with zero attached hydrogens (tertiary/aromatic N) is 2. The molecule has 1 aliphatic heterocycles. The standard InChI is InChI=1S/C8H11ClN2/c9-5-8-10-6-7-3-1-2-4-11(7)8/h6H,1-5H2. The normalized spacial score (nSPS) is 16.5. The van der Waals surface area contributed by atoms with Gasteiger partial charge < -0.3 is 4.57 Å². The van der Waals surface area contributed by atoms with Gasteiger partial charge >= 0.3 is 0 Å². The van der Waals surface area contributed by atoms with Gasteiger partial charge in [0.15, 0.2) is 0 Å². The maximum Gasteiger partial charge on any atom is 0.123 e. The first-order chi connectivity index (χ1) is 5.42. The summed E-state index contributed by atoms with van der Waals surface area (Å²) in [5.74, 6) is 1.57. The number of alkyl halides is 1. The summed E-state index contributed by atoms with van der Waals surface area (Å²) in [6.45, 7) is 1.11. The van der Waals surface area contributed by atoms with Crippen molar-refractivity contribution in [3.05, 3.63) is 17.7 Å². The van der Waals surface area contributed by atoms with Crippen LogP contribution < -0.4 is 0 Å². The molecule has 0 bridgehead atoms. The molecule has 0 aromatic carbocycles. The summed E-state index contributed by atoms with van der Waals surface area (Å²) >= 11 is 5.72. The highest BCUT2D eigenvalue weighted by Gasteiger charge is 2.12. The van der Waals surface area contributed by atoms with Crippen LogP contribution in [0.25, 0.3) is 0 Å². The van der Waals surface area contributed by atoms with Crippen LogP contribution in [0, 0.1) is 0 Å². The van der Waals surface area contributed by atoms with Crippen molar-refractivity contribution >= 4 is 11.6 Å². The molecule has 60 valence electrons. The Morgan fingerprint density at radius 2 is 2.45 bits per heavy atom. The molecular formula is C8H11ClN2. The summed E-state index contributed by atoms with van der Waals surface area (Å²) in [6.07, 6.45) is 5.70. The van der Waals surface area contributed by atoms with Crippen LogP contribution in [0.15, 0.2) is 6.20 Å². The van der Waals surface area contributed by atoms with Crippen LogP contribution in [0.2, 0.25) is 0 Å². The lowest BCUT2D eigenvalue weighted by atomic mass is 10.1. The third-order valence-electron chi connectivity index (χ3n) is 2.21. The molecule has 0 amide bonds. The van der Waals surface area contributed by atoms with Gasteiger partial charge in [-0.2, -0.15) is 0 Å². The van der Waals surface area contributed by atoms with E-state index in [2.05, 4.69) is 9.55 Å². The molecule has 0 unspecified atom stereocenters. The van der Waals surface area contributed by atoms with Gasteiger partial charge in [0.25, 0.3) is 0 Å². The maximum atomic E-state index is 5.72. The molecule has 0 saturated heterocycles. The summed E-state index contributed by atoms with van der Waals surface area (Å²) in [5, 5.41) is 0. The zero-order valence-corrected chi connectivity index (χ0v) is 7.14. The Labute approximate surface area is 71.2 Å². The summed E-state index contributed by atoms with van der Waals surface area (Å²) in [4.78, 5) is 4.25. The van der Waals surface area contributed by atoms with E-state index in [9.17, 15) is 0 Å². The smallest absolute Gasteiger partial charge is 0.123 e. The molecule has 1 aliphatic rings. The van der Waals surface area contributed by atoms with E-state index in [1.54, 1.807) is 0 Å². The lowest BCUT2D eigenvalue weighted by Gasteiger charge is -2.15. The molecule has 2 nitrogen and oxygen atoms in total. The van der Waals surface area contributed by atoms with Crippen molar-refractivity contribution in [1.29, 1.82) is 0 Å². The van der Waals surface area contributed by atoms with Crippen molar-refractivity contribution in [2.24, 2.45) is 0 Å². The van der Waals surface area contributed by atoms with Crippen molar-refractivity contribution in [2.45, 2.75) is 31.7 Å². The van der Waals surface area contributed by atoms with Crippen molar-refractivity contribution in [3.8, 4) is 0 Å². The van der Waals surface area contributed by atoms with E-state index in [1.807, 2.05) is 6.20 Å². The number of halogens is 1. The Bertz CT molecular complexity index is 241. The van der Waals surface area contributed by atoms with Crippen molar-refractivity contribution < 1.29 is 0 Å². The highest BCUT2D eigenvalue weighted by Crippen LogP contribution is 2.17. The van der Waals surface area contributed by atoms with Crippen molar-refractivity contribution in [3.63, 3.8) is 0 Å². The molecule has 0 radical (unpaired) electrons. The molecule has 0 saturated carbocycles. The minimum Gasteiger partial charge on any atom is -0.331 e. The van der Waals surface area contributed by atoms with Crippen LogP contribution in [0.4, 0.5) is 0 Å². The third kappa shape index (κ3) is 1.16. The van der Waals surface area contributed by atoms with E-state index >= 15 is 0 Å². The monoisotopic (exact) mass is 170 g/mol. The number of hydrogen-bond donors (Lipinski definition) is 0. The first kappa shape index (κ1) is 7.17. The van der Waals surface area contributed by atoms with E-state index in [-0.39, 0.29) is 0 Å². The quantitative estimate of drug-likeness (QED) is 0.590. The Balaban J connectivity index is 2.38. The Morgan fingerprint density at radius 3 is 3.27 bits per heavy atom. The van der Waals surface area contributed by atoms with Crippen LogP contribution in [-0.4, -0.2) is 9.55 Å². The summed E-state index contributed by atoms with van der Waals surface area (Å²) in [7, 11) is 0. The van der Waals surface area contributed by atoms with Gasteiger partial charge in [0, 0.05) is 18.4 Å². The second-order valence-electron chi connectivity index (χ2n) is 2.91. The van der Waals surface area contributed by atoms with Crippen LogP contribution in [0.3, 0.4) is 0 Å². The van der Waals surface area contributed by atoms with Gasteiger partial charge in [-0.05, 0) is 19.3 Å². The van der Waals surface area contributed by atoms with Crippen LogP contribution in [0.1, 0.15) is 24.4 Å². The first-order valence-electron chi connectivity index (χ1n) is 4.01. The van der Waals surface area contributed by atoms with E-state index in [0.717, 1.165) is 12.4 Å². The Hall–Kier alpha value is -0.500. The van der Waals surface area contributed by atoms with Crippen LogP contribution >= 0.6 is 11.6 Å². The van der Waals surface area contributed by atoms with E-state index < -0.39 is 0 Å². The topological polar surface area (TPSA) is 17.8 Å². The van der Waals surface area contributed by atoms with Crippen molar-refractivity contribution in [2.75, 3.05) is 0 Å². The number of imidazole rings is 1. The minimum absolute atomic E-state index is 0.542. The first-order valence-corrected chi connectivity index (χ1v) is 4.54. The minimum atomic E-state index is 0.542. The number of rotatable bonds is 1. The SMILES string of the molecule is ClCc1ncc2n1CCCC2. The molecule has 3 heteroatoms. The molecule has 1 aromatic heterocycles. The van der Waals surface area contributed by atoms with Gasteiger partial charge in [-0.25, -0.2) is 4.98 Å². The maximum absolute atomic E-state index is 5.72. The summed E-state index contributed by atoms with van der Waals surface area (Å²) in [6, 6.07) is 0. The summed E-state index contributed by atoms with van der Waals surface area (Å²) in [5.41, 5.74) is 1.35. The Kier molecular flexibility index (Phi) is 1.86. The lowest BCUT2D eigenvalue weighted by Crippen LogP contribution is -2.11. The molecule has 1 aromatic rings. The fraction of sp³-hybridized carbons (Fsp3) is 0.625. The predicted molar refractivity (Wildman–Crippen MR) is 44.7 cm³/mol. The highest BCUT2D eigenvalue weighted by molar-refractivity contribution is 6.16.